The maximum absolute atomic E-state index is 13.7. The predicted molar refractivity (Wildman–Crippen MR) is 69.0 cm³/mol. The van der Waals surface area contributed by atoms with E-state index in [9.17, 15) is 19.3 Å². The Morgan fingerprint density at radius 2 is 2.15 bits per heavy atom. The maximum atomic E-state index is 13.7. The standard InChI is InChI=1S/C13H16FNO5/c1-3-5-12(13(16)19-4-2)20-11-7-6-9(15(17)18)8-10(11)14/h6-8,12H,3-5H2,1-2H3. The highest BCUT2D eigenvalue weighted by Crippen LogP contribution is 2.24. The molecule has 0 heterocycles. The Bertz CT molecular complexity index is 492. The molecule has 1 rings (SSSR count). The highest BCUT2D eigenvalue weighted by atomic mass is 19.1. The molecule has 1 aromatic carbocycles. The van der Waals surface area contributed by atoms with E-state index in [1.54, 1.807) is 6.92 Å². The fraction of sp³-hybridized carbons (Fsp3) is 0.462. The Morgan fingerprint density at radius 3 is 2.65 bits per heavy atom. The summed E-state index contributed by atoms with van der Waals surface area (Å²) < 4.78 is 23.8. The summed E-state index contributed by atoms with van der Waals surface area (Å²) in [5, 5.41) is 10.5. The van der Waals surface area contributed by atoms with Gasteiger partial charge in [-0.2, -0.15) is 0 Å². The lowest BCUT2D eigenvalue weighted by atomic mass is 10.2. The van der Waals surface area contributed by atoms with E-state index in [4.69, 9.17) is 9.47 Å². The van der Waals surface area contributed by atoms with Crippen LogP contribution in [-0.4, -0.2) is 23.6 Å². The lowest BCUT2D eigenvalue weighted by Gasteiger charge is -2.17. The van der Waals surface area contributed by atoms with Crippen molar-refractivity contribution in [3.63, 3.8) is 0 Å². The molecule has 1 atom stereocenters. The first kappa shape index (κ1) is 15.9. The molecular formula is C13H16FNO5. The van der Waals surface area contributed by atoms with Gasteiger partial charge in [0.05, 0.1) is 17.6 Å². The van der Waals surface area contributed by atoms with E-state index in [-0.39, 0.29) is 18.0 Å². The van der Waals surface area contributed by atoms with Gasteiger partial charge in [0.15, 0.2) is 17.7 Å². The first-order valence-electron chi connectivity index (χ1n) is 6.26. The van der Waals surface area contributed by atoms with E-state index in [1.807, 2.05) is 6.92 Å². The summed E-state index contributed by atoms with van der Waals surface area (Å²) in [7, 11) is 0. The zero-order chi connectivity index (χ0) is 15.1. The molecule has 6 nitrogen and oxygen atoms in total. The third-order valence-electron chi connectivity index (χ3n) is 2.50. The number of carbonyl (C=O) groups is 1. The summed E-state index contributed by atoms with van der Waals surface area (Å²) >= 11 is 0. The third kappa shape index (κ3) is 4.18. The van der Waals surface area contributed by atoms with Gasteiger partial charge in [-0.25, -0.2) is 9.18 Å². The molecule has 0 N–H and O–H groups in total. The number of nitrogens with zero attached hydrogens (tertiary/aromatic N) is 1. The molecule has 0 bridgehead atoms. The molecule has 0 saturated carbocycles. The van der Waals surface area contributed by atoms with Crippen molar-refractivity contribution < 1.29 is 23.6 Å². The molecule has 0 amide bonds. The van der Waals surface area contributed by atoms with Crippen LogP contribution in [0.5, 0.6) is 5.75 Å². The Hall–Kier alpha value is -2.18. The quantitative estimate of drug-likeness (QED) is 0.437. The molecule has 110 valence electrons. The van der Waals surface area contributed by atoms with Gasteiger partial charge in [-0.1, -0.05) is 13.3 Å². The normalized spacial score (nSPS) is 11.8. The van der Waals surface area contributed by atoms with Crippen molar-refractivity contribution in [1.29, 1.82) is 0 Å². The van der Waals surface area contributed by atoms with Crippen molar-refractivity contribution in [3.8, 4) is 5.75 Å². The van der Waals surface area contributed by atoms with E-state index in [2.05, 4.69) is 0 Å². The molecule has 0 aliphatic rings. The van der Waals surface area contributed by atoms with Crippen LogP contribution in [0.15, 0.2) is 18.2 Å². The van der Waals surface area contributed by atoms with Gasteiger partial charge in [-0.05, 0) is 19.4 Å². The molecule has 0 radical (unpaired) electrons. The fourth-order valence-corrected chi connectivity index (χ4v) is 1.57. The van der Waals surface area contributed by atoms with Crippen LogP contribution in [-0.2, 0) is 9.53 Å². The molecule has 0 fully saturated rings. The monoisotopic (exact) mass is 285 g/mol. The minimum Gasteiger partial charge on any atom is -0.476 e. The zero-order valence-corrected chi connectivity index (χ0v) is 11.3. The minimum absolute atomic E-state index is 0.200. The Labute approximate surface area is 115 Å². The molecule has 7 heteroatoms. The van der Waals surface area contributed by atoms with Gasteiger partial charge in [-0.3, -0.25) is 10.1 Å². The number of nitro benzene ring substituents is 1. The molecule has 0 aromatic heterocycles. The number of esters is 1. The molecular weight excluding hydrogens is 269 g/mol. The summed E-state index contributed by atoms with van der Waals surface area (Å²) in [6, 6.07) is 3.01. The van der Waals surface area contributed by atoms with E-state index in [1.165, 1.54) is 0 Å². The van der Waals surface area contributed by atoms with Gasteiger partial charge >= 0.3 is 5.97 Å². The van der Waals surface area contributed by atoms with E-state index >= 15 is 0 Å². The Kier molecular flexibility index (Phi) is 5.89. The number of rotatable bonds is 7. The van der Waals surface area contributed by atoms with Crippen LogP contribution >= 0.6 is 0 Å². The summed E-state index contributed by atoms with van der Waals surface area (Å²) in [6.07, 6.45) is 0.101. The molecule has 0 saturated heterocycles. The molecule has 20 heavy (non-hydrogen) atoms. The lowest BCUT2D eigenvalue weighted by Crippen LogP contribution is -2.29. The second-order valence-electron chi connectivity index (χ2n) is 4.02. The van der Waals surface area contributed by atoms with Crippen LogP contribution in [0.2, 0.25) is 0 Å². The van der Waals surface area contributed by atoms with E-state index in [0.717, 1.165) is 18.2 Å². The third-order valence-corrected chi connectivity index (χ3v) is 2.50. The topological polar surface area (TPSA) is 78.7 Å². The molecule has 0 aliphatic carbocycles. The summed E-state index contributed by atoms with van der Waals surface area (Å²) in [4.78, 5) is 21.4. The Balaban J connectivity index is 2.88. The van der Waals surface area contributed by atoms with Gasteiger partial charge in [0.25, 0.3) is 5.69 Å². The number of benzene rings is 1. The van der Waals surface area contributed by atoms with Crippen LogP contribution < -0.4 is 4.74 Å². The SMILES string of the molecule is CCCC(Oc1ccc([N+](=O)[O-])cc1F)C(=O)OCC. The van der Waals surface area contributed by atoms with E-state index < -0.39 is 22.8 Å². The predicted octanol–water partition coefficient (Wildman–Crippen LogP) is 2.84. The van der Waals surface area contributed by atoms with Gasteiger partial charge in [0.1, 0.15) is 0 Å². The average molecular weight is 285 g/mol. The van der Waals surface area contributed by atoms with Gasteiger partial charge in [0.2, 0.25) is 0 Å². The van der Waals surface area contributed by atoms with Crippen LogP contribution in [0.4, 0.5) is 10.1 Å². The van der Waals surface area contributed by atoms with E-state index in [0.29, 0.717) is 12.8 Å². The lowest BCUT2D eigenvalue weighted by molar-refractivity contribution is -0.385. The number of hydrogen-bond acceptors (Lipinski definition) is 5. The number of hydrogen-bond donors (Lipinski definition) is 0. The van der Waals surface area contributed by atoms with Gasteiger partial charge < -0.3 is 9.47 Å². The summed E-state index contributed by atoms with van der Waals surface area (Å²) in [5.74, 6) is -1.67. The number of ether oxygens (including phenoxy) is 2. The van der Waals surface area contributed by atoms with Crippen molar-refractivity contribution in [2.45, 2.75) is 32.8 Å². The number of carbonyl (C=O) groups excluding carboxylic acids is 1. The summed E-state index contributed by atoms with van der Waals surface area (Å²) in [6.45, 7) is 3.71. The first-order chi connectivity index (χ1) is 9.49. The van der Waals surface area contributed by atoms with Crippen molar-refractivity contribution >= 4 is 11.7 Å². The molecule has 1 unspecified atom stereocenters. The largest absolute Gasteiger partial charge is 0.476 e. The minimum atomic E-state index is -0.920. The fourth-order valence-electron chi connectivity index (χ4n) is 1.57. The van der Waals surface area contributed by atoms with Crippen LogP contribution in [0.25, 0.3) is 0 Å². The molecule has 0 spiro atoms. The average Bonchev–Trinajstić information content (AvgIpc) is 2.40. The van der Waals surface area contributed by atoms with Crippen molar-refractivity contribution in [2.75, 3.05) is 6.61 Å². The first-order valence-corrected chi connectivity index (χ1v) is 6.26. The molecule has 0 aliphatic heterocycles. The molecule has 1 aromatic rings. The zero-order valence-electron chi connectivity index (χ0n) is 11.3. The van der Waals surface area contributed by atoms with Crippen LogP contribution in [0, 0.1) is 15.9 Å². The maximum Gasteiger partial charge on any atom is 0.347 e. The van der Waals surface area contributed by atoms with Crippen molar-refractivity contribution in [2.24, 2.45) is 0 Å². The van der Waals surface area contributed by atoms with Gasteiger partial charge in [0, 0.05) is 6.07 Å². The van der Waals surface area contributed by atoms with Crippen molar-refractivity contribution in [1.82, 2.24) is 0 Å². The summed E-state index contributed by atoms with van der Waals surface area (Å²) in [5.41, 5.74) is -0.377. The van der Waals surface area contributed by atoms with Crippen LogP contribution in [0.3, 0.4) is 0 Å². The number of non-ortho nitro benzene ring substituents is 1. The highest BCUT2D eigenvalue weighted by Gasteiger charge is 2.23. The second kappa shape index (κ2) is 7.42. The highest BCUT2D eigenvalue weighted by molar-refractivity contribution is 5.75. The number of nitro groups is 1. The Morgan fingerprint density at radius 1 is 1.45 bits per heavy atom. The smallest absolute Gasteiger partial charge is 0.347 e. The van der Waals surface area contributed by atoms with Crippen LogP contribution in [0.1, 0.15) is 26.7 Å². The number of halogens is 1. The van der Waals surface area contributed by atoms with Gasteiger partial charge in [-0.15, -0.1) is 0 Å². The van der Waals surface area contributed by atoms with Crippen molar-refractivity contribution in [3.05, 3.63) is 34.1 Å². The second-order valence-corrected chi connectivity index (χ2v) is 4.02.